The zero-order chi connectivity index (χ0) is 24.0. The molecule has 0 unspecified atom stereocenters. The summed E-state index contributed by atoms with van der Waals surface area (Å²) in [5.41, 5.74) is 5.24. The number of amides is 3. The Kier molecular flexibility index (Phi) is 8.15. The third-order valence-corrected chi connectivity index (χ3v) is 6.23. The molecule has 3 amide bonds. The SMILES string of the molecule is O=C(CCCN1C(=O)/C(=C\c2ccccc2Cl)SC1=S)NNC(=O)c1ccc([N+](=O)[O-])cc1. The fourth-order valence-electron chi connectivity index (χ4n) is 2.82. The number of nitrogens with one attached hydrogen (secondary N) is 2. The number of nitro benzene ring substituents is 1. The van der Waals surface area contributed by atoms with Gasteiger partial charge >= 0.3 is 0 Å². The number of hydrogen-bond acceptors (Lipinski definition) is 7. The standard InChI is InChI=1S/C21H17ClN4O5S2/c22-16-5-2-1-4-14(16)12-17-20(29)25(21(32)33-17)11-3-6-18(27)23-24-19(28)13-7-9-15(10-8-13)26(30)31/h1-2,4-5,7-10,12H,3,6,11H2,(H,23,27)(H,24,28)/b17-12+. The number of nitrogens with zero attached hydrogens (tertiary/aromatic N) is 2. The van der Waals surface area contributed by atoms with Crippen LogP contribution in [0, 0.1) is 10.1 Å². The van der Waals surface area contributed by atoms with Crippen LogP contribution in [0.2, 0.25) is 5.02 Å². The highest BCUT2D eigenvalue weighted by atomic mass is 35.5. The van der Waals surface area contributed by atoms with E-state index in [-0.39, 0.29) is 30.1 Å². The van der Waals surface area contributed by atoms with E-state index >= 15 is 0 Å². The number of nitro groups is 1. The van der Waals surface area contributed by atoms with Crippen LogP contribution in [-0.4, -0.2) is 38.4 Å². The number of hydrazine groups is 1. The molecule has 170 valence electrons. The van der Waals surface area contributed by atoms with Crippen LogP contribution in [0.15, 0.2) is 53.4 Å². The van der Waals surface area contributed by atoms with E-state index in [0.717, 1.165) is 0 Å². The van der Waals surface area contributed by atoms with E-state index < -0.39 is 16.7 Å². The highest BCUT2D eigenvalue weighted by Crippen LogP contribution is 2.33. The summed E-state index contributed by atoms with van der Waals surface area (Å²) in [5.74, 6) is -1.32. The Hall–Kier alpha value is -3.28. The molecule has 2 aromatic rings. The fourth-order valence-corrected chi connectivity index (χ4v) is 4.31. The molecule has 9 nitrogen and oxygen atoms in total. The number of hydrogen-bond donors (Lipinski definition) is 2. The summed E-state index contributed by atoms with van der Waals surface area (Å²) in [6, 6.07) is 12.1. The smallest absolute Gasteiger partial charge is 0.269 e. The van der Waals surface area contributed by atoms with Crippen molar-refractivity contribution in [3.63, 3.8) is 0 Å². The van der Waals surface area contributed by atoms with E-state index in [1.807, 2.05) is 6.07 Å². The highest BCUT2D eigenvalue weighted by molar-refractivity contribution is 8.26. The summed E-state index contributed by atoms with van der Waals surface area (Å²) >= 11 is 12.6. The zero-order valence-electron chi connectivity index (χ0n) is 16.9. The first-order valence-electron chi connectivity index (χ1n) is 9.60. The molecule has 2 N–H and O–H groups in total. The molecule has 0 saturated carbocycles. The van der Waals surface area contributed by atoms with Gasteiger partial charge in [0, 0.05) is 35.7 Å². The average molecular weight is 505 g/mol. The lowest BCUT2D eigenvalue weighted by Crippen LogP contribution is -2.41. The van der Waals surface area contributed by atoms with Crippen LogP contribution < -0.4 is 10.9 Å². The van der Waals surface area contributed by atoms with Gasteiger partial charge in [-0.05, 0) is 36.3 Å². The molecule has 0 aliphatic carbocycles. The Labute approximate surface area is 203 Å². The summed E-state index contributed by atoms with van der Waals surface area (Å²) in [4.78, 5) is 48.6. The van der Waals surface area contributed by atoms with Gasteiger partial charge in [-0.2, -0.15) is 0 Å². The van der Waals surface area contributed by atoms with Crippen molar-refractivity contribution >= 4 is 69.4 Å². The van der Waals surface area contributed by atoms with E-state index in [0.29, 0.717) is 26.2 Å². The van der Waals surface area contributed by atoms with Crippen molar-refractivity contribution in [2.45, 2.75) is 12.8 Å². The van der Waals surface area contributed by atoms with E-state index in [2.05, 4.69) is 10.9 Å². The number of carbonyl (C=O) groups excluding carboxylic acids is 3. The minimum atomic E-state index is -0.611. The van der Waals surface area contributed by atoms with Crippen LogP contribution in [-0.2, 0) is 9.59 Å². The number of non-ortho nitro benzene ring substituents is 1. The normalized spacial score (nSPS) is 14.5. The Morgan fingerprint density at radius 1 is 1.15 bits per heavy atom. The van der Waals surface area contributed by atoms with Gasteiger partial charge in [-0.15, -0.1) is 0 Å². The van der Waals surface area contributed by atoms with Gasteiger partial charge in [0.25, 0.3) is 17.5 Å². The number of carbonyl (C=O) groups is 3. The first kappa shape index (κ1) is 24.4. The molecule has 3 rings (SSSR count). The molecule has 1 aliphatic heterocycles. The lowest BCUT2D eigenvalue weighted by molar-refractivity contribution is -0.384. The van der Waals surface area contributed by atoms with Crippen molar-refractivity contribution < 1.29 is 19.3 Å². The second-order valence-electron chi connectivity index (χ2n) is 6.76. The zero-order valence-corrected chi connectivity index (χ0v) is 19.3. The Bertz CT molecular complexity index is 1150. The van der Waals surface area contributed by atoms with Crippen LogP contribution in [0.3, 0.4) is 0 Å². The Morgan fingerprint density at radius 2 is 1.85 bits per heavy atom. The molecule has 1 aliphatic rings. The van der Waals surface area contributed by atoms with Crippen LogP contribution in [0.25, 0.3) is 6.08 Å². The molecule has 0 spiro atoms. The fraction of sp³-hybridized carbons (Fsp3) is 0.143. The van der Waals surface area contributed by atoms with E-state index in [9.17, 15) is 24.5 Å². The predicted octanol–water partition coefficient (Wildman–Crippen LogP) is 3.69. The van der Waals surface area contributed by atoms with Gasteiger partial charge in [-0.1, -0.05) is 53.8 Å². The van der Waals surface area contributed by atoms with Crippen LogP contribution in [0.1, 0.15) is 28.8 Å². The van der Waals surface area contributed by atoms with Crippen molar-refractivity contribution in [2.75, 3.05) is 6.54 Å². The van der Waals surface area contributed by atoms with Crippen molar-refractivity contribution in [3.05, 3.63) is 79.7 Å². The second kappa shape index (κ2) is 11.0. The lowest BCUT2D eigenvalue weighted by Gasteiger charge is -2.14. The van der Waals surface area contributed by atoms with Gasteiger partial charge in [0.05, 0.1) is 9.83 Å². The predicted molar refractivity (Wildman–Crippen MR) is 129 cm³/mol. The maximum atomic E-state index is 12.7. The van der Waals surface area contributed by atoms with E-state index in [1.54, 1.807) is 24.3 Å². The van der Waals surface area contributed by atoms with Gasteiger partial charge < -0.3 is 0 Å². The minimum Gasteiger partial charge on any atom is -0.293 e. The van der Waals surface area contributed by atoms with Gasteiger partial charge in [-0.25, -0.2) is 0 Å². The molecule has 0 radical (unpaired) electrons. The molecule has 2 aromatic carbocycles. The molecule has 0 bridgehead atoms. The molecular formula is C21H17ClN4O5S2. The number of halogens is 1. The second-order valence-corrected chi connectivity index (χ2v) is 8.85. The average Bonchev–Trinajstić information content (AvgIpc) is 3.06. The molecule has 1 heterocycles. The summed E-state index contributed by atoms with van der Waals surface area (Å²) < 4.78 is 0.394. The molecule has 12 heteroatoms. The number of benzene rings is 2. The van der Waals surface area contributed by atoms with Gasteiger partial charge in [0.1, 0.15) is 4.32 Å². The number of thioether (sulfide) groups is 1. The summed E-state index contributed by atoms with van der Waals surface area (Å²) in [7, 11) is 0. The first-order valence-corrected chi connectivity index (χ1v) is 11.2. The van der Waals surface area contributed by atoms with Crippen molar-refractivity contribution in [1.82, 2.24) is 15.8 Å². The van der Waals surface area contributed by atoms with E-state index in [1.165, 1.54) is 40.9 Å². The van der Waals surface area contributed by atoms with Crippen molar-refractivity contribution in [3.8, 4) is 0 Å². The maximum Gasteiger partial charge on any atom is 0.269 e. The third-order valence-electron chi connectivity index (χ3n) is 4.51. The molecule has 33 heavy (non-hydrogen) atoms. The molecule has 0 atom stereocenters. The Morgan fingerprint density at radius 3 is 2.52 bits per heavy atom. The molecule has 1 saturated heterocycles. The largest absolute Gasteiger partial charge is 0.293 e. The third kappa shape index (κ3) is 6.37. The topological polar surface area (TPSA) is 122 Å². The van der Waals surface area contributed by atoms with Gasteiger partial charge in [0.15, 0.2) is 0 Å². The van der Waals surface area contributed by atoms with Crippen molar-refractivity contribution in [2.24, 2.45) is 0 Å². The van der Waals surface area contributed by atoms with Gasteiger partial charge in [-0.3, -0.25) is 40.2 Å². The monoisotopic (exact) mass is 504 g/mol. The van der Waals surface area contributed by atoms with Gasteiger partial charge in [0.2, 0.25) is 5.91 Å². The summed E-state index contributed by atoms with van der Waals surface area (Å²) in [6.07, 6.45) is 2.05. The quantitative estimate of drug-likeness (QED) is 0.255. The first-order chi connectivity index (χ1) is 15.8. The molecule has 0 aromatic heterocycles. The van der Waals surface area contributed by atoms with Crippen LogP contribution >= 0.6 is 35.6 Å². The van der Waals surface area contributed by atoms with E-state index in [4.69, 9.17) is 23.8 Å². The Balaban J connectivity index is 1.46. The lowest BCUT2D eigenvalue weighted by atomic mass is 10.2. The summed E-state index contributed by atoms with van der Waals surface area (Å²) in [5, 5.41) is 11.2. The molecule has 1 fully saturated rings. The number of thiocarbonyl (C=S) groups is 1. The van der Waals surface area contributed by atoms with Crippen molar-refractivity contribution in [1.29, 1.82) is 0 Å². The highest BCUT2D eigenvalue weighted by Gasteiger charge is 2.31. The molecular weight excluding hydrogens is 488 g/mol. The summed E-state index contributed by atoms with van der Waals surface area (Å²) in [6.45, 7) is 0.244. The minimum absolute atomic E-state index is 0.0428. The van der Waals surface area contributed by atoms with Crippen LogP contribution in [0.5, 0.6) is 0 Å². The van der Waals surface area contributed by atoms with Crippen LogP contribution in [0.4, 0.5) is 5.69 Å². The maximum absolute atomic E-state index is 12.7. The number of rotatable bonds is 7.